The molecule has 0 bridgehead atoms. The summed E-state index contributed by atoms with van der Waals surface area (Å²) in [6, 6.07) is 25.9. The van der Waals surface area contributed by atoms with Gasteiger partial charge in [0.15, 0.2) is 0 Å². The number of carbonyl (C=O) groups is 1. The minimum atomic E-state index is -0.854. The zero-order valence-corrected chi connectivity index (χ0v) is 21.1. The highest BCUT2D eigenvalue weighted by molar-refractivity contribution is 6.38. The number of amides is 1. The number of hydrogen-bond acceptors (Lipinski definition) is 3. The van der Waals surface area contributed by atoms with Gasteiger partial charge in [0.1, 0.15) is 5.84 Å². The summed E-state index contributed by atoms with van der Waals surface area (Å²) in [7, 11) is 0. The SMILES string of the molecule is C/C(=N/C(=N)C(N)=O)Nc1ccc2c(ccn2Cc2ccc(-c3ccc(CN4CCCC4)cc3)cc2)c1. The first kappa shape index (κ1) is 24.5. The van der Waals surface area contributed by atoms with Crippen LogP contribution >= 0.6 is 0 Å². The molecule has 1 saturated heterocycles. The van der Waals surface area contributed by atoms with Gasteiger partial charge in [0.2, 0.25) is 5.84 Å². The fourth-order valence-corrected chi connectivity index (χ4v) is 4.88. The number of benzene rings is 3. The Morgan fingerprint density at radius 3 is 2.16 bits per heavy atom. The van der Waals surface area contributed by atoms with E-state index in [-0.39, 0.29) is 0 Å². The standard InChI is InChI=1S/C30H32N6O/c1-21(34-29(31)30(32)37)33-27-12-13-28-26(18-27)14-17-36(28)20-23-6-10-25(11-7-23)24-8-4-22(5-9-24)19-35-15-2-3-16-35/h4-14,17-18H,2-3,15-16,19-20H2,1H3,(H2,32,37)(H2,31,33,34). The molecule has 7 heteroatoms. The highest BCUT2D eigenvalue weighted by atomic mass is 16.1. The monoisotopic (exact) mass is 492 g/mol. The van der Waals surface area contributed by atoms with Gasteiger partial charge in [-0.05, 0) is 79.4 Å². The topological polar surface area (TPSA) is 99.5 Å². The van der Waals surface area contributed by atoms with Crippen molar-refractivity contribution < 1.29 is 4.79 Å². The Hall–Kier alpha value is -4.23. The zero-order valence-electron chi connectivity index (χ0n) is 21.1. The van der Waals surface area contributed by atoms with Crippen LogP contribution in [-0.2, 0) is 17.9 Å². The predicted molar refractivity (Wildman–Crippen MR) is 151 cm³/mol. The van der Waals surface area contributed by atoms with Crippen molar-refractivity contribution in [3.63, 3.8) is 0 Å². The van der Waals surface area contributed by atoms with Gasteiger partial charge < -0.3 is 15.6 Å². The van der Waals surface area contributed by atoms with Gasteiger partial charge >= 0.3 is 0 Å². The molecule has 1 aliphatic heterocycles. The molecule has 1 fully saturated rings. The Morgan fingerprint density at radius 1 is 0.919 bits per heavy atom. The van der Waals surface area contributed by atoms with E-state index in [1.165, 1.54) is 48.2 Å². The Kier molecular flexibility index (Phi) is 7.14. The molecule has 188 valence electrons. The van der Waals surface area contributed by atoms with Gasteiger partial charge in [0, 0.05) is 35.9 Å². The fourth-order valence-electron chi connectivity index (χ4n) is 4.88. The lowest BCUT2D eigenvalue weighted by Crippen LogP contribution is -2.22. The number of rotatable bonds is 6. The number of nitrogens with one attached hydrogen (secondary N) is 2. The first-order valence-corrected chi connectivity index (χ1v) is 12.6. The molecule has 2 heterocycles. The van der Waals surface area contributed by atoms with E-state index in [0.717, 1.165) is 29.7 Å². The van der Waals surface area contributed by atoms with Crippen molar-refractivity contribution in [2.75, 3.05) is 18.4 Å². The molecule has 0 atom stereocenters. The van der Waals surface area contributed by atoms with Crippen LogP contribution in [0.1, 0.15) is 30.9 Å². The number of carbonyl (C=O) groups excluding carboxylic acids is 1. The maximum Gasteiger partial charge on any atom is 0.285 e. The average molecular weight is 493 g/mol. The van der Waals surface area contributed by atoms with E-state index in [1.54, 1.807) is 6.92 Å². The third-order valence-electron chi connectivity index (χ3n) is 6.81. The lowest BCUT2D eigenvalue weighted by atomic mass is 10.0. The van der Waals surface area contributed by atoms with Crippen molar-refractivity contribution in [1.29, 1.82) is 5.41 Å². The van der Waals surface area contributed by atoms with E-state index in [4.69, 9.17) is 11.1 Å². The summed E-state index contributed by atoms with van der Waals surface area (Å²) in [6.45, 7) is 5.96. The number of hydrogen-bond donors (Lipinski definition) is 3. The summed E-state index contributed by atoms with van der Waals surface area (Å²) < 4.78 is 2.23. The molecular formula is C30H32N6O. The minimum absolute atomic E-state index is 0.434. The number of likely N-dealkylation sites (tertiary alicyclic amines) is 1. The third-order valence-corrected chi connectivity index (χ3v) is 6.81. The molecule has 0 aliphatic carbocycles. The Bertz CT molecular complexity index is 1440. The normalized spacial score (nSPS) is 14.2. The number of nitrogens with two attached hydrogens (primary N) is 1. The van der Waals surface area contributed by atoms with E-state index < -0.39 is 11.7 Å². The molecule has 1 aromatic heterocycles. The lowest BCUT2D eigenvalue weighted by Gasteiger charge is -2.14. The van der Waals surface area contributed by atoms with Gasteiger partial charge in [-0.25, -0.2) is 4.99 Å². The van der Waals surface area contributed by atoms with E-state index in [9.17, 15) is 4.79 Å². The maximum absolute atomic E-state index is 11.0. The van der Waals surface area contributed by atoms with E-state index in [2.05, 4.69) is 86.6 Å². The molecule has 4 N–H and O–H groups in total. The van der Waals surface area contributed by atoms with Crippen LogP contribution in [0.3, 0.4) is 0 Å². The molecule has 0 unspecified atom stereocenters. The van der Waals surface area contributed by atoms with Crippen molar-refractivity contribution in [1.82, 2.24) is 9.47 Å². The Morgan fingerprint density at radius 2 is 1.54 bits per heavy atom. The first-order valence-electron chi connectivity index (χ1n) is 12.6. The number of fused-ring (bicyclic) bond motifs is 1. The zero-order chi connectivity index (χ0) is 25.8. The number of primary amides is 1. The van der Waals surface area contributed by atoms with Crippen LogP contribution in [0.5, 0.6) is 0 Å². The van der Waals surface area contributed by atoms with Crippen LogP contribution in [0.4, 0.5) is 5.69 Å². The predicted octanol–water partition coefficient (Wildman–Crippen LogP) is 5.25. The summed E-state index contributed by atoms with van der Waals surface area (Å²) in [5.74, 6) is -0.894. The van der Waals surface area contributed by atoms with Crippen LogP contribution in [-0.4, -0.2) is 40.1 Å². The van der Waals surface area contributed by atoms with Gasteiger partial charge in [-0.15, -0.1) is 0 Å². The second-order valence-corrected chi connectivity index (χ2v) is 9.63. The Labute approximate surface area is 217 Å². The Balaban J connectivity index is 1.24. The van der Waals surface area contributed by atoms with Crippen LogP contribution < -0.4 is 11.1 Å². The van der Waals surface area contributed by atoms with Crippen LogP contribution in [0, 0.1) is 5.41 Å². The molecule has 0 saturated carbocycles. The first-order chi connectivity index (χ1) is 17.9. The van der Waals surface area contributed by atoms with Gasteiger partial charge in [-0.3, -0.25) is 15.1 Å². The highest BCUT2D eigenvalue weighted by Gasteiger charge is 2.12. The molecule has 7 nitrogen and oxygen atoms in total. The molecule has 37 heavy (non-hydrogen) atoms. The summed E-state index contributed by atoms with van der Waals surface area (Å²) in [5.41, 5.74) is 12.1. The molecule has 0 radical (unpaired) electrons. The van der Waals surface area contributed by atoms with Crippen molar-refractivity contribution >= 4 is 34.2 Å². The largest absolute Gasteiger partial charge is 0.363 e. The number of nitrogens with zero attached hydrogens (tertiary/aromatic N) is 3. The molecule has 1 aliphatic rings. The van der Waals surface area contributed by atoms with Gasteiger partial charge in [0.05, 0.1) is 0 Å². The number of amidine groups is 2. The molecule has 5 rings (SSSR count). The van der Waals surface area contributed by atoms with Crippen molar-refractivity contribution in [2.24, 2.45) is 10.7 Å². The van der Waals surface area contributed by atoms with Gasteiger partial charge in [-0.1, -0.05) is 48.5 Å². The van der Waals surface area contributed by atoms with Crippen LogP contribution in [0.2, 0.25) is 0 Å². The summed E-state index contributed by atoms with van der Waals surface area (Å²) in [6.07, 6.45) is 4.73. The summed E-state index contributed by atoms with van der Waals surface area (Å²) in [5, 5.41) is 11.7. The molecular weight excluding hydrogens is 460 g/mol. The van der Waals surface area contributed by atoms with Crippen molar-refractivity contribution in [3.05, 3.63) is 90.1 Å². The van der Waals surface area contributed by atoms with Crippen molar-refractivity contribution in [2.45, 2.75) is 32.9 Å². The molecule has 4 aromatic rings. The summed E-state index contributed by atoms with van der Waals surface area (Å²) in [4.78, 5) is 17.4. The van der Waals surface area contributed by atoms with E-state index >= 15 is 0 Å². The number of anilines is 1. The average Bonchev–Trinajstić information content (AvgIpc) is 3.55. The smallest absolute Gasteiger partial charge is 0.285 e. The molecule has 0 spiro atoms. The van der Waals surface area contributed by atoms with Crippen LogP contribution in [0.25, 0.3) is 22.0 Å². The number of aliphatic imine (C=N–C) groups is 1. The van der Waals surface area contributed by atoms with E-state index in [1.807, 2.05) is 12.1 Å². The quantitative estimate of drug-likeness (QED) is 0.253. The fraction of sp³-hybridized carbons (Fsp3) is 0.233. The number of aromatic nitrogens is 1. The summed E-state index contributed by atoms with van der Waals surface area (Å²) >= 11 is 0. The molecule has 3 aromatic carbocycles. The molecule has 1 amide bonds. The minimum Gasteiger partial charge on any atom is -0.363 e. The van der Waals surface area contributed by atoms with Gasteiger partial charge in [-0.2, -0.15) is 0 Å². The van der Waals surface area contributed by atoms with Gasteiger partial charge in [0.25, 0.3) is 5.91 Å². The van der Waals surface area contributed by atoms with Crippen molar-refractivity contribution in [3.8, 4) is 11.1 Å². The van der Waals surface area contributed by atoms with E-state index in [0.29, 0.717) is 5.84 Å². The second kappa shape index (κ2) is 10.8. The maximum atomic E-state index is 11.0. The second-order valence-electron chi connectivity index (χ2n) is 9.63. The third kappa shape index (κ3) is 5.95. The lowest BCUT2D eigenvalue weighted by molar-refractivity contribution is -0.112. The highest BCUT2D eigenvalue weighted by Crippen LogP contribution is 2.24. The van der Waals surface area contributed by atoms with Crippen LogP contribution in [0.15, 0.2) is 84.0 Å².